The molecule has 4 aromatic rings. The van der Waals surface area contributed by atoms with Crippen molar-refractivity contribution in [3.8, 4) is 0 Å². The molecule has 0 spiro atoms. The highest BCUT2D eigenvalue weighted by Gasteiger charge is 2.25. The number of pyridine rings is 2. The molecule has 34 heavy (non-hydrogen) atoms. The quantitative estimate of drug-likeness (QED) is 0.438. The van der Waals surface area contributed by atoms with Crippen LogP contribution in [-0.2, 0) is 27.7 Å². The maximum absolute atomic E-state index is 13.3. The van der Waals surface area contributed by atoms with Gasteiger partial charge in [-0.2, -0.15) is 0 Å². The van der Waals surface area contributed by atoms with Crippen LogP contribution in [0.4, 0.5) is 0 Å². The van der Waals surface area contributed by atoms with Crippen LogP contribution in [0.25, 0.3) is 11.0 Å². The molecular formula is C25H22ClN3O4S. The zero-order chi connectivity index (χ0) is 24.5. The largest absolute Gasteiger partial charge is 0.350 e. The molecule has 0 saturated heterocycles. The molecule has 0 bridgehead atoms. The Morgan fingerprint density at radius 1 is 1.00 bits per heavy atom. The molecule has 0 aliphatic heterocycles. The molecule has 0 unspecified atom stereocenters. The third-order valence-electron chi connectivity index (χ3n) is 5.37. The highest BCUT2D eigenvalue weighted by molar-refractivity contribution is 7.91. The summed E-state index contributed by atoms with van der Waals surface area (Å²) in [6, 6.07) is 16.5. The lowest BCUT2D eigenvalue weighted by Gasteiger charge is -2.14. The van der Waals surface area contributed by atoms with Crippen molar-refractivity contribution in [2.24, 2.45) is 0 Å². The Balaban J connectivity index is 1.73. The number of hydrogen-bond acceptors (Lipinski definition) is 5. The van der Waals surface area contributed by atoms with Crippen LogP contribution < -0.4 is 10.7 Å². The standard InChI is InChI=1S/C25H22ClN3O4S/c1-16-3-6-18(7-4-16)13-27-23(30)15-29-14-22(24(31)21-12-5-17(2)28-25(21)29)34(32,33)20-10-8-19(26)9-11-20/h3-12,14H,13,15H2,1-2H3,(H,27,30). The lowest BCUT2D eigenvalue weighted by atomic mass is 10.1. The Hall–Kier alpha value is -3.49. The second-order valence-electron chi connectivity index (χ2n) is 7.99. The van der Waals surface area contributed by atoms with Crippen molar-refractivity contribution in [3.05, 3.63) is 98.9 Å². The summed E-state index contributed by atoms with van der Waals surface area (Å²) in [6.07, 6.45) is 1.19. The molecule has 0 fully saturated rings. The minimum absolute atomic E-state index is 0.0659. The Bertz CT molecular complexity index is 1540. The summed E-state index contributed by atoms with van der Waals surface area (Å²) in [5.41, 5.74) is 2.25. The molecule has 0 saturated carbocycles. The molecule has 9 heteroatoms. The first-order valence-corrected chi connectivity index (χ1v) is 12.3. The number of aromatic nitrogens is 2. The van der Waals surface area contributed by atoms with Gasteiger partial charge in [0.1, 0.15) is 17.1 Å². The Kier molecular flexibility index (Phi) is 6.54. The lowest BCUT2D eigenvalue weighted by molar-refractivity contribution is -0.121. The van der Waals surface area contributed by atoms with E-state index in [1.807, 2.05) is 31.2 Å². The van der Waals surface area contributed by atoms with E-state index in [-0.39, 0.29) is 28.4 Å². The van der Waals surface area contributed by atoms with Gasteiger partial charge in [0, 0.05) is 23.5 Å². The third kappa shape index (κ3) is 4.88. The van der Waals surface area contributed by atoms with E-state index in [0.717, 1.165) is 11.1 Å². The number of sulfone groups is 1. The first kappa shape index (κ1) is 23.7. The molecule has 2 heterocycles. The van der Waals surface area contributed by atoms with Crippen molar-refractivity contribution in [2.75, 3.05) is 0 Å². The minimum Gasteiger partial charge on any atom is -0.350 e. The van der Waals surface area contributed by atoms with Gasteiger partial charge in [-0.1, -0.05) is 41.4 Å². The van der Waals surface area contributed by atoms with E-state index in [4.69, 9.17) is 11.6 Å². The van der Waals surface area contributed by atoms with Crippen molar-refractivity contribution in [1.82, 2.24) is 14.9 Å². The summed E-state index contributed by atoms with van der Waals surface area (Å²) < 4.78 is 28.0. The number of aryl methyl sites for hydroxylation is 2. The van der Waals surface area contributed by atoms with Gasteiger partial charge in [0.25, 0.3) is 0 Å². The van der Waals surface area contributed by atoms with Gasteiger partial charge in [-0.15, -0.1) is 0 Å². The zero-order valence-corrected chi connectivity index (χ0v) is 20.2. The summed E-state index contributed by atoms with van der Waals surface area (Å²) in [6.45, 7) is 3.85. The van der Waals surface area contributed by atoms with Crippen LogP contribution in [0.15, 0.2) is 81.4 Å². The molecule has 1 amide bonds. The molecule has 0 radical (unpaired) electrons. The Labute approximate surface area is 202 Å². The Morgan fingerprint density at radius 2 is 1.68 bits per heavy atom. The van der Waals surface area contributed by atoms with Crippen molar-refractivity contribution in [3.63, 3.8) is 0 Å². The van der Waals surface area contributed by atoms with Crippen LogP contribution in [0.2, 0.25) is 5.02 Å². The first-order chi connectivity index (χ1) is 16.1. The van der Waals surface area contributed by atoms with Gasteiger partial charge in [0.2, 0.25) is 21.2 Å². The van der Waals surface area contributed by atoms with Crippen molar-refractivity contribution in [1.29, 1.82) is 0 Å². The van der Waals surface area contributed by atoms with E-state index in [1.165, 1.54) is 41.1 Å². The van der Waals surface area contributed by atoms with E-state index >= 15 is 0 Å². The van der Waals surface area contributed by atoms with E-state index in [0.29, 0.717) is 17.3 Å². The van der Waals surface area contributed by atoms with E-state index < -0.39 is 20.2 Å². The molecule has 0 atom stereocenters. The monoisotopic (exact) mass is 495 g/mol. The molecule has 0 aliphatic carbocycles. The average molecular weight is 496 g/mol. The topological polar surface area (TPSA) is 98.1 Å². The van der Waals surface area contributed by atoms with Gasteiger partial charge < -0.3 is 9.88 Å². The highest BCUT2D eigenvalue weighted by atomic mass is 35.5. The first-order valence-electron chi connectivity index (χ1n) is 10.5. The molecule has 0 aliphatic rings. The van der Waals surface area contributed by atoms with Crippen LogP contribution in [0.5, 0.6) is 0 Å². The molecule has 1 N–H and O–H groups in total. The number of hydrogen-bond donors (Lipinski definition) is 1. The summed E-state index contributed by atoms with van der Waals surface area (Å²) in [5.74, 6) is -0.344. The van der Waals surface area contributed by atoms with Gasteiger partial charge >= 0.3 is 0 Å². The number of carbonyl (C=O) groups excluding carboxylic acids is 1. The van der Waals surface area contributed by atoms with E-state index in [2.05, 4.69) is 10.3 Å². The number of rotatable bonds is 6. The van der Waals surface area contributed by atoms with Crippen molar-refractivity contribution >= 4 is 38.4 Å². The fourth-order valence-electron chi connectivity index (χ4n) is 3.50. The van der Waals surface area contributed by atoms with Crippen LogP contribution >= 0.6 is 11.6 Å². The van der Waals surface area contributed by atoms with E-state index in [9.17, 15) is 18.0 Å². The molecule has 2 aromatic carbocycles. The van der Waals surface area contributed by atoms with Crippen LogP contribution in [-0.4, -0.2) is 23.9 Å². The molecule has 174 valence electrons. The number of amides is 1. The summed E-state index contributed by atoms with van der Waals surface area (Å²) in [4.78, 5) is 29.8. The second kappa shape index (κ2) is 9.40. The van der Waals surface area contributed by atoms with Gasteiger partial charge in [-0.25, -0.2) is 13.4 Å². The zero-order valence-electron chi connectivity index (χ0n) is 18.6. The highest BCUT2D eigenvalue weighted by Crippen LogP contribution is 2.22. The number of nitrogens with one attached hydrogen (secondary N) is 1. The third-order valence-corrected chi connectivity index (χ3v) is 7.38. The van der Waals surface area contributed by atoms with Gasteiger partial charge in [-0.3, -0.25) is 9.59 Å². The maximum atomic E-state index is 13.3. The molecule has 2 aromatic heterocycles. The predicted octanol–water partition coefficient (Wildman–Crippen LogP) is 3.82. The number of carbonyl (C=O) groups is 1. The number of benzene rings is 2. The maximum Gasteiger partial charge on any atom is 0.240 e. The number of halogens is 1. The normalized spacial score (nSPS) is 11.5. The molecular weight excluding hydrogens is 474 g/mol. The molecule has 7 nitrogen and oxygen atoms in total. The van der Waals surface area contributed by atoms with Gasteiger partial charge in [0.15, 0.2) is 0 Å². The minimum atomic E-state index is -4.16. The Morgan fingerprint density at radius 3 is 2.35 bits per heavy atom. The summed E-state index contributed by atoms with van der Waals surface area (Å²) in [5, 5.41) is 3.32. The van der Waals surface area contributed by atoms with Crippen LogP contribution in [0, 0.1) is 13.8 Å². The second-order valence-corrected chi connectivity index (χ2v) is 10.3. The fraction of sp³-hybridized carbons (Fsp3) is 0.160. The average Bonchev–Trinajstić information content (AvgIpc) is 2.80. The SMILES string of the molecule is Cc1ccc(CNC(=O)Cn2cc(S(=O)(=O)c3ccc(Cl)cc3)c(=O)c3ccc(C)nc32)cc1. The van der Waals surface area contributed by atoms with Crippen molar-refractivity contribution < 1.29 is 13.2 Å². The number of nitrogens with zero attached hydrogens (tertiary/aromatic N) is 2. The fourth-order valence-corrected chi connectivity index (χ4v) is 5.00. The molecule has 4 rings (SSSR count). The van der Waals surface area contributed by atoms with Gasteiger partial charge in [0.05, 0.1) is 10.3 Å². The van der Waals surface area contributed by atoms with Crippen LogP contribution in [0.3, 0.4) is 0 Å². The number of fused-ring (bicyclic) bond motifs is 1. The summed E-state index contributed by atoms with van der Waals surface area (Å²) in [7, 11) is -4.16. The van der Waals surface area contributed by atoms with Gasteiger partial charge in [-0.05, 0) is 55.8 Å². The van der Waals surface area contributed by atoms with Crippen molar-refractivity contribution in [2.45, 2.75) is 36.7 Å². The summed E-state index contributed by atoms with van der Waals surface area (Å²) >= 11 is 5.88. The predicted molar refractivity (Wildman–Crippen MR) is 131 cm³/mol. The van der Waals surface area contributed by atoms with E-state index in [1.54, 1.807) is 13.0 Å². The van der Waals surface area contributed by atoms with Crippen LogP contribution in [0.1, 0.15) is 16.8 Å². The smallest absolute Gasteiger partial charge is 0.240 e. The lowest BCUT2D eigenvalue weighted by Crippen LogP contribution is -2.29.